The predicted octanol–water partition coefficient (Wildman–Crippen LogP) is 1.72. The SMILES string of the molecule is C=[C]C1C=CC=C1. The molecule has 0 aromatic heterocycles. The summed E-state index contributed by atoms with van der Waals surface area (Å²) in [5.74, 6) is 0.375. The monoisotopic (exact) mass is 91.1 g/mol. The zero-order chi connectivity index (χ0) is 5.11. The normalized spacial score (nSPS) is 18.3. The van der Waals surface area contributed by atoms with Gasteiger partial charge in [-0.25, -0.2) is 0 Å². The van der Waals surface area contributed by atoms with Crippen LogP contribution in [0.15, 0.2) is 30.9 Å². The van der Waals surface area contributed by atoms with E-state index in [9.17, 15) is 0 Å². The Bertz CT molecular complexity index is 106. The highest BCUT2D eigenvalue weighted by atomic mass is 14.0. The van der Waals surface area contributed by atoms with Crippen LogP contribution >= 0.6 is 0 Å². The van der Waals surface area contributed by atoms with Crippen molar-refractivity contribution in [3.05, 3.63) is 37.0 Å². The van der Waals surface area contributed by atoms with E-state index in [1.807, 2.05) is 24.3 Å². The molecule has 0 aliphatic heterocycles. The Morgan fingerprint density at radius 2 is 1.86 bits per heavy atom. The fraction of sp³-hybridized carbons (Fsp3) is 0.143. The van der Waals surface area contributed by atoms with Crippen LogP contribution in [-0.4, -0.2) is 0 Å². The Hall–Kier alpha value is -0.780. The summed E-state index contributed by atoms with van der Waals surface area (Å²) in [6.45, 7) is 3.52. The van der Waals surface area contributed by atoms with Gasteiger partial charge in [-0.3, -0.25) is 0 Å². The molecule has 0 saturated carbocycles. The molecule has 7 heavy (non-hydrogen) atoms. The zero-order valence-electron chi connectivity index (χ0n) is 4.09. The first-order valence-corrected chi connectivity index (χ1v) is 2.31. The Morgan fingerprint density at radius 1 is 1.29 bits per heavy atom. The van der Waals surface area contributed by atoms with E-state index < -0.39 is 0 Å². The van der Waals surface area contributed by atoms with Crippen molar-refractivity contribution in [2.45, 2.75) is 0 Å². The Labute approximate surface area is 43.9 Å². The quantitative estimate of drug-likeness (QED) is 0.461. The van der Waals surface area contributed by atoms with Gasteiger partial charge < -0.3 is 0 Å². The van der Waals surface area contributed by atoms with Crippen molar-refractivity contribution in [1.29, 1.82) is 0 Å². The molecule has 0 amide bonds. The van der Waals surface area contributed by atoms with Crippen LogP contribution in [-0.2, 0) is 0 Å². The lowest BCUT2D eigenvalue weighted by Crippen LogP contribution is -1.77. The summed E-state index contributed by atoms with van der Waals surface area (Å²) in [6.07, 6.45) is 10.9. The van der Waals surface area contributed by atoms with Crippen molar-refractivity contribution >= 4 is 0 Å². The van der Waals surface area contributed by atoms with Crippen molar-refractivity contribution in [2.75, 3.05) is 0 Å². The molecule has 1 radical (unpaired) electrons. The lowest BCUT2D eigenvalue weighted by molar-refractivity contribution is 1.06. The average Bonchev–Trinajstić information content (AvgIpc) is 2.14. The second kappa shape index (κ2) is 1.78. The standard InChI is InChI=1S/C7H7/c1-2-7-5-3-4-6-7/h3-7H,1H2. The van der Waals surface area contributed by atoms with Gasteiger partial charge in [0.1, 0.15) is 0 Å². The predicted molar refractivity (Wildman–Crippen MR) is 30.6 cm³/mol. The maximum absolute atomic E-state index is 3.52. The summed E-state index contributed by atoms with van der Waals surface area (Å²) >= 11 is 0. The number of hydrogen-bond donors (Lipinski definition) is 0. The number of rotatable bonds is 1. The van der Waals surface area contributed by atoms with E-state index >= 15 is 0 Å². The largest absolute Gasteiger partial charge is 0.0946 e. The average molecular weight is 91.1 g/mol. The molecule has 0 N–H and O–H groups in total. The van der Waals surface area contributed by atoms with Gasteiger partial charge in [-0.2, -0.15) is 0 Å². The highest BCUT2D eigenvalue weighted by molar-refractivity contribution is 5.19. The van der Waals surface area contributed by atoms with E-state index in [-0.39, 0.29) is 0 Å². The molecule has 0 spiro atoms. The third-order valence-electron chi connectivity index (χ3n) is 0.984. The molecule has 0 heteroatoms. The first kappa shape index (κ1) is 4.38. The van der Waals surface area contributed by atoms with Gasteiger partial charge in [0.05, 0.1) is 0 Å². The van der Waals surface area contributed by atoms with Crippen LogP contribution in [0.4, 0.5) is 0 Å². The summed E-state index contributed by atoms with van der Waals surface area (Å²) in [6, 6.07) is 0. The maximum Gasteiger partial charge on any atom is 0.0201 e. The number of hydrogen-bond acceptors (Lipinski definition) is 0. The van der Waals surface area contributed by atoms with Crippen molar-refractivity contribution < 1.29 is 0 Å². The lowest BCUT2D eigenvalue weighted by Gasteiger charge is -1.87. The van der Waals surface area contributed by atoms with Crippen LogP contribution in [0.1, 0.15) is 0 Å². The van der Waals surface area contributed by atoms with E-state index in [1.54, 1.807) is 0 Å². The van der Waals surface area contributed by atoms with Crippen molar-refractivity contribution in [1.82, 2.24) is 0 Å². The van der Waals surface area contributed by atoms with E-state index in [4.69, 9.17) is 0 Å². The first-order valence-electron chi connectivity index (χ1n) is 2.31. The second-order valence-corrected chi connectivity index (χ2v) is 1.50. The molecule has 1 rings (SSSR count). The Balaban J connectivity index is 2.59. The highest BCUT2D eigenvalue weighted by Gasteiger charge is 1.93. The minimum Gasteiger partial charge on any atom is -0.0946 e. The van der Waals surface area contributed by atoms with Crippen LogP contribution in [0, 0.1) is 12.0 Å². The van der Waals surface area contributed by atoms with Gasteiger partial charge in [0.25, 0.3) is 0 Å². The lowest BCUT2D eigenvalue weighted by atomic mass is 10.2. The number of allylic oxidation sites excluding steroid dienone is 5. The van der Waals surface area contributed by atoms with Gasteiger partial charge in [0.15, 0.2) is 0 Å². The molecule has 1 aliphatic carbocycles. The zero-order valence-corrected chi connectivity index (χ0v) is 4.09. The van der Waals surface area contributed by atoms with Crippen molar-refractivity contribution in [2.24, 2.45) is 5.92 Å². The van der Waals surface area contributed by atoms with E-state index in [0.29, 0.717) is 5.92 Å². The Kier molecular flexibility index (Phi) is 1.12. The second-order valence-electron chi connectivity index (χ2n) is 1.50. The molecule has 0 unspecified atom stereocenters. The third-order valence-corrected chi connectivity index (χ3v) is 0.984. The third kappa shape index (κ3) is 0.801. The van der Waals surface area contributed by atoms with Crippen LogP contribution in [0.2, 0.25) is 0 Å². The molecular formula is C7H7. The highest BCUT2D eigenvalue weighted by Crippen LogP contribution is 2.06. The van der Waals surface area contributed by atoms with Gasteiger partial charge in [0, 0.05) is 5.92 Å². The molecule has 0 fully saturated rings. The Morgan fingerprint density at radius 3 is 2.14 bits per heavy atom. The summed E-state index contributed by atoms with van der Waals surface area (Å²) < 4.78 is 0. The summed E-state index contributed by atoms with van der Waals surface area (Å²) in [5.41, 5.74) is 0. The molecule has 0 aromatic rings. The van der Waals surface area contributed by atoms with Gasteiger partial charge in [0.2, 0.25) is 0 Å². The molecule has 35 valence electrons. The summed E-state index contributed by atoms with van der Waals surface area (Å²) in [4.78, 5) is 0. The molecule has 1 aliphatic rings. The van der Waals surface area contributed by atoms with Gasteiger partial charge in [-0.15, -0.1) is 0 Å². The van der Waals surface area contributed by atoms with Crippen LogP contribution < -0.4 is 0 Å². The van der Waals surface area contributed by atoms with Crippen LogP contribution in [0.5, 0.6) is 0 Å². The molecule has 0 heterocycles. The van der Waals surface area contributed by atoms with Crippen molar-refractivity contribution in [3.63, 3.8) is 0 Å². The van der Waals surface area contributed by atoms with E-state index in [0.717, 1.165) is 0 Å². The van der Waals surface area contributed by atoms with Crippen LogP contribution in [0.25, 0.3) is 0 Å². The first-order chi connectivity index (χ1) is 3.43. The molecular weight excluding hydrogens is 84.1 g/mol. The van der Waals surface area contributed by atoms with Crippen LogP contribution in [0.3, 0.4) is 0 Å². The van der Waals surface area contributed by atoms with Crippen molar-refractivity contribution in [3.8, 4) is 0 Å². The summed E-state index contributed by atoms with van der Waals surface area (Å²) in [7, 11) is 0. The topological polar surface area (TPSA) is 0 Å². The molecule has 0 bridgehead atoms. The van der Waals surface area contributed by atoms with Gasteiger partial charge in [-0.1, -0.05) is 30.9 Å². The summed E-state index contributed by atoms with van der Waals surface area (Å²) in [5, 5.41) is 0. The smallest absolute Gasteiger partial charge is 0.0201 e. The van der Waals surface area contributed by atoms with E-state index in [1.165, 1.54) is 0 Å². The molecule has 0 aromatic carbocycles. The fourth-order valence-electron chi connectivity index (χ4n) is 0.568. The van der Waals surface area contributed by atoms with Gasteiger partial charge >= 0.3 is 0 Å². The minimum absolute atomic E-state index is 0.375. The molecule has 0 nitrogen and oxygen atoms in total. The molecule has 0 saturated heterocycles. The maximum atomic E-state index is 3.52. The fourth-order valence-corrected chi connectivity index (χ4v) is 0.568. The van der Waals surface area contributed by atoms with E-state index in [2.05, 4.69) is 12.7 Å². The molecule has 0 atom stereocenters. The van der Waals surface area contributed by atoms with Gasteiger partial charge in [-0.05, 0) is 6.08 Å². The minimum atomic E-state index is 0.375.